The summed E-state index contributed by atoms with van der Waals surface area (Å²) in [6.45, 7) is 0.799. The Kier molecular flexibility index (Phi) is 4.35. The number of amides is 2. The van der Waals surface area contributed by atoms with Crippen LogP contribution in [0.3, 0.4) is 0 Å². The third-order valence-electron chi connectivity index (χ3n) is 3.80. The summed E-state index contributed by atoms with van der Waals surface area (Å²) in [4.78, 5) is 27.5. The van der Waals surface area contributed by atoms with Crippen LogP contribution < -0.4 is 16.0 Å². The number of nitrogens with two attached hydrogens (primary N) is 1. The number of likely N-dealkylation sites (N-methyl/N-ethyl adjacent to an activating group) is 1. The van der Waals surface area contributed by atoms with Gasteiger partial charge in [-0.05, 0) is 31.0 Å². The third-order valence-corrected chi connectivity index (χ3v) is 3.80. The molecule has 1 heterocycles. The van der Waals surface area contributed by atoms with Gasteiger partial charge < -0.3 is 20.9 Å². The van der Waals surface area contributed by atoms with E-state index in [0.717, 1.165) is 25.1 Å². The summed E-state index contributed by atoms with van der Waals surface area (Å²) in [5.74, 6) is -0.0853. The molecule has 2 rings (SSSR count). The van der Waals surface area contributed by atoms with Crippen molar-refractivity contribution in [2.24, 2.45) is 0 Å². The number of carbonyl (C=O) groups excluding carboxylic acids is 2. The lowest BCUT2D eigenvalue weighted by Gasteiger charge is -2.29. The van der Waals surface area contributed by atoms with E-state index >= 15 is 0 Å². The average molecular weight is 290 g/mol. The van der Waals surface area contributed by atoms with E-state index in [1.165, 1.54) is 0 Å². The predicted octanol–water partition coefficient (Wildman–Crippen LogP) is 0.685. The third kappa shape index (κ3) is 2.94. The number of rotatable bonds is 3. The molecular formula is C15H22N4O2. The van der Waals surface area contributed by atoms with Gasteiger partial charge in [-0.2, -0.15) is 0 Å². The fourth-order valence-electron chi connectivity index (χ4n) is 2.71. The van der Waals surface area contributed by atoms with Crippen molar-refractivity contribution in [1.29, 1.82) is 0 Å². The van der Waals surface area contributed by atoms with E-state index in [4.69, 9.17) is 5.73 Å². The molecular weight excluding hydrogens is 268 g/mol. The van der Waals surface area contributed by atoms with Crippen LogP contribution in [0, 0.1) is 0 Å². The molecule has 0 aliphatic carbocycles. The molecule has 114 valence electrons. The number of nitrogen functional groups attached to an aromatic ring is 1. The zero-order chi connectivity index (χ0) is 15.6. The lowest BCUT2D eigenvalue weighted by Crippen LogP contribution is -2.43. The molecule has 0 saturated carbocycles. The van der Waals surface area contributed by atoms with Crippen molar-refractivity contribution < 1.29 is 9.59 Å². The van der Waals surface area contributed by atoms with Gasteiger partial charge in [0.15, 0.2) is 0 Å². The monoisotopic (exact) mass is 290 g/mol. The van der Waals surface area contributed by atoms with Gasteiger partial charge >= 0.3 is 0 Å². The van der Waals surface area contributed by atoms with Crippen molar-refractivity contribution in [2.75, 3.05) is 38.3 Å². The van der Waals surface area contributed by atoms with Crippen LogP contribution in [0.25, 0.3) is 0 Å². The summed E-state index contributed by atoms with van der Waals surface area (Å²) in [6, 6.07) is 5.04. The van der Waals surface area contributed by atoms with Crippen molar-refractivity contribution in [3.8, 4) is 0 Å². The normalized spacial score (nSPS) is 17.7. The second kappa shape index (κ2) is 6.03. The van der Waals surface area contributed by atoms with Gasteiger partial charge in [0.25, 0.3) is 5.91 Å². The number of hydrogen-bond donors (Lipinski definition) is 2. The summed E-state index contributed by atoms with van der Waals surface area (Å²) in [6.07, 6.45) is 1.79. The molecule has 1 atom stereocenters. The van der Waals surface area contributed by atoms with Crippen LogP contribution in [0.5, 0.6) is 0 Å². The van der Waals surface area contributed by atoms with Gasteiger partial charge in [0.1, 0.15) is 6.04 Å². The summed E-state index contributed by atoms with van der Waals surface area (Å²) >= 11 is 0. The SMILES string of the molecule is CNC(=O)c1ccc(N2CCCC2C(=O)N(C)C)c(N)c1. The second-order valence-corrected chi connectivity index (χ2v) is 5.44. The highest BCUT2D eigenvalue weighted by Crippen LogP contribution is 2.31. The van der Waals surface area contributed by atoms with E-state index in [9.17, 15) is 9.59 Å². The van der Waals surface area contributed by atoms with Crippen LogP contribution >= 0.6 is 0 Å². The molecule has 1 aliphatic heterocycles. The summed E-state index contributed by atoms with van der Waals surface area (Å²) in [5, 5.41) is 2.57. The Labute approximate surface area is 124 Å². The van der Waals surface area contributed by atoms with Gasteiger partial charge in [0.05, 0.1) is 11.4 Å². The largest absolute Gasteiger partial charge is 0.397 e. The maximum Gasteiger partial charge on any atom is 0.251 e. The quantitative estimate of drug-likeness (QED) is 0.803. The minimum absolute atomic E-state index is 0.0854. The van der Waals surface area contributed by atoms with E-state index in [1.807, 2.05) is 11.0 Å². The second-order valence-electron chi connectivity index (χ2n) is 5.44. The standard InChI is InChI=1S/C15H22N4O2/c1-17-14(20)10-6-7-12(11(16)9-10)19-8-4-5-13(19)15(21)18(2)3/h6-7,9,13H,4-5,8,16H2,1-3H3,(H,17,20). The first-order valence-corrected chi connectivity index (χ1v) is 7.05. The van der Waals surface area contributed by atoms with Crippen molar-refractivity contribution >= 4 is 23.2 Å². The molecule has 6 heteroatoms. The summed E-state index contributed by atoms with van der Waals surface area (Å²) in [5.41, 5.74) is 7.95. The van der Waals surface area contributed by atoms with E-state index in [0.29, 0.717) is 11.3 Å². The zero-order valence-electron chi connectivity index (χ0n) is 12.7. The minimum Gasteiger partial charge on any atom is -0.397 e. The van der Waals surface area contributed by atoms with Crippen molar-refractivity contribution in [3.05, 3.63) is 23.8 Å². The maximum absolute atomic E-state index is 12.2. The molecule has 1 unspecified atom stereocenters. The highest BCUT2D eigenvalue weighted by molar-refractivity contribution is 5.96. The Bertz CT molecular complexity index is 557. The van der Waals surface area contributed by atoms with Gasteiger partial charge in [-0.15, -0.1) is 0 Å². The molecule has 0 spiro atoms. The molecule has 2 amide bonds. The van der Waals surface area contributed by atoms with Crippen LogP contribution in [0.4, 0.5) is 11.4 Å². The number of nitrogens with zero attached hydrogens (tertiary/aromatic N) is 2. The van der Waals surface area contributed by atoms with E-state index in [-0.39, 0.29) is 17.9 Å². The Balaban J connectivity index is 2.29. The molecule has 3 N–H and O–H groups in total. The molecule has 1 fully saturated rings. The van der Waals surface area contributed by atoms with Crippen LogP contribution in [0.15, 0.2) is 18.2 Å². The minimum atomic E-state index is -0.173. The average Bonchev–Trinajstić information content (AvgIpc) is 2.94. The number of benzene rings is 1. The van der Waals surface area contributed by atoms with Gasteiger partial charge in [-0.3, -0.25) is 9.59 Å². The molecule has 0 bridgehead atoms. The van der Waals surface area contributed by atoms with Crippen molar-refractivity contribution in [1.82, 2.24) is 10.2 Å². The smallest absolute Gasteiger partial charge is 0.251 e. The highest BCUT2D eigenvalue weighted by atomic mass is 16.2. The fourth-order valence-corrected chi connectivity index (χ4v) is 2.71. The van der Waals surface area contributed by atoms with Crippen LogP contribution in [0.2, 0.25) is 0 Å². The van der Waals surface area contributed by atoms with Gasteiger partial charge in [-0.25, -0.2) is 0 Å². The number of nitrogens with one attached hydrogen (secondary N) is 1. The van der Waals surface area contributed by atoms with E-state index < -0.39 is 0 Å². The Morgan fingerprint density at radius 3 is 2.67 bits per heavy atom. The van der Waals surface area contributed by atoms with Crippen molar-refractivity contribution in [2.45, 2.75) is 18.9 Å². The Hall–Kier alpha value is -2.24. The van der Waals surface area contributed by atoms with Gasteiger partial charge in [0, 0.05) is 33.3 Å². The predicted molar refractivity (Wildman–Crippen MR) is 83.3 cm³/mol. The molecule has 0 aromatic heterocycles. The molecule has 1 aromatic carbocycles. The number of carbonyl (C=O) groups is 2. The molecule has 6 nitrogen and oxygen atoms in total. The Morgan fingerprint density at radius 2 is 2.10 bits per heavy atom. The Morgan fingerprint density at radius 1 is 1.38 bits per heavy atom. The molecule has 1 saturated heterocycles. The molecule has 1 aromatic rings. The van der Waals surface area contributed by atoms with E-state index in [1.54, 1.807) is 38.2 Å². The first kappa shape index (κ1) is 15.2. The van der Waals surface area contributed by atoms with Crippen molar-refractivity contribution in [3.63, 3.8) is 0 Å². The molecule has 21 heavy (non-hydrogen) atoms. The topological polar surface area (TPSA) is 78.7 Å². The lowest BCUT2D eigenvalue weighted by atomic mass is 10.1. The highest BCUT2D eigenvalue weighted by Gasteiger charge is 2.32. The van der Waals surface area contributed by atoms with Crippen LogP contribution in [-0.4, -0.2) is 50.4 Å². The van der Waals surface area contributed by atoms with Gasteiger partial charge in [-0.1, -0.05) is 0 Å². The first-order chi connectivity index (χ1) is 9.95. The first-order valence-electron chi connectivity index (χ1n) is 7.05. The summed E-state index contributed by atoms with van der Waals surface area (Å²) in [7, 11) is 5.10. The molecule has 0 radical (unpaired) electrons. The van der Waals surface area contributed by atoms with E-state index in [2.05, 4.69) is 5.32 Å². The number of hydrogen-bond acceptors (Lipinski definition) is 4. The number of anilines is 2. The maximum atomic E-state index is 12.2. The van der Waals surface area contributed by atoms with Crippen LogP contribution in [0.1, 0.15) is 23.2 Å². The lowest BCUT2D eigenvalue weighted by molar-refractivity contribution is -0.129. The van der Waals surface area contributed by atoms with Crippen LogP contribution in [-0.2, 0) is 4.79 Å². The zero-order valence-corrected chi connectivity index (χ0v) is 12.7. The summed E-state index contributed by atoms with van der Waals surface area (Å²) < 4.78 is 0. The van der Waals surface area contributed by atoms with Gasteiger partial charge in [0.2, 0.25) is 5.91 Å². The fraction of sp³-hybridized carbons (Fsp3) is 0.467. The molecule has 1 aliphatic rings.